The molecule has 0 aliphatic heterocycles. The summed E-state index contributed by atoms with van der Waals surface area (Å²) in [5.41, 5.74) is 1.50. The van der Waals surface area contributed by atoms with Crippen LogP contribution < -0.4 is 5.32 Å². The summed E-state index contributed by atoms with van der Waals surface area (Å²) in [6.07, 6.45) is 4.77. The predicted octanol–water partition coefficient (Wildman–Crippen LogP) is 3.64. The van der Waals surface area contributed by atoms with Gasteiger partial charge in [0.05, 0.1) is 0 Å². The van der Waals surface area contributed by atoms with Crippen molar-refractivity contribution in [2.75, 3.05) is 6.54 Å². The topological polar surface area (TPSA) is 12.0 Å². The largest absolute Gasteiger partial charge is 0.314 e. The fourth-order valence-corrected chi connectivity index (χ4v) is 2.88. The number of hydrogen-bond donors (Lipinski definition) is 1. The third kappa shape index (κ3) is 2.86. The van der Waals surface area contributed by atoms with Crippen LogP contribution in [0.5, 0.6) is 0 Å². The Hall–Kier alpha value is -0.890. The molecule has 1 aromatic carbocycles. The average molecular weight is 235 g/mol. The van der Waals surface area contributed by atoms with E-state index in [0.717, 1.165) is 6.54 Å². The van der Waals surface area contributed by atoms with Crippen LogP contribution in [0.15, 0.2) is 24.3 Å². The second-order valence-electron chi connectivity index (χ2n) is 5.46. The third-order valence-corrected chi connectivity index (χ3v) is 3.97. The average Bonchev–Trinajstić information content (AvgIpc) is 2.70. The quantitative estimate of drug-likeness (QED) is 0.840. The molecule has 1 saturated carbocycles. The van der Waals surface area contributed by atoms with E-state index in [4.69, 9.17) is 0 Å². The summed E-state index contributed by atoms with van der Waals surface area (Å²) >= 11 is 0. The van der Waals surface area contributed by atoms with E-state index in [2.05, 4.69) is 19.2 Å². The van der Waals surface area contributed by atoms with Gasteiger partial charge in [0.1, 0.15) is 5.82 Å². The summed E-state index contributed by atoms with van der Waals surface area (Å²) in [6, 6.07) is 7.67. The molecule has 1 N–H and O–H groups in total. The van der Waals surface area contributed by atoms with Crippen LogP contribution in [0.3, 0.4) is 0 Å². The predicted molar refractivity (Wildman–Crippen MR) is 69.7 cm³/mol. The maximum Gasteiger partial charge on any atom is 0.123 e. The summed E-state index contributed by atoms with van der Waals surface area (Å²) in [5.74, 6) is -0.143. The first-order valence-corrected chi connectivity index (χ1v) is 6.63. The summed E-state index contributed by atoms with van der Waals surface area (Å²) < 4.78 is 12.9. The van der Waals surface area contributed by atoms with Gasteiger partial charge in [-0.15, -0.1) is 0 Å². The van der Waals surface area contributed by atoms with E-state index in [-0.39, 0.29) is 11.2 Å². The van der Waals surface area contributed by atoms with Crippen LogP contribution in [0.4, 0.5) is 4.39 Å². The molecule has 0 amide bonds. The molecule has 0 aromatic heterocycles. The highest BCUT2D eigenvalue weighted by Gasteiger charge is 2.35. The Morgan fingerprint density at radius 2 is 2.06 bits per heavy atom. The van der Waals surface area contributed by atoms with Crippen LogP contribution in [-0.2, 0) is 5.41 Å². The van der Waals surface area contributed by atoms with Gasteiger partial charge in [-0.1, -0.05) is 26.0 Å². The van der Waals surface area contributed by atoms with Crippen LogP contribution in [0.2, 0.25) is 0 Å². The number of rotatable bonds is 4. The van der Waals surface area contributed by atoms with Crippen molar-refractivity contribution in [1.29, 1.82) is 0 Å². The molecule has 94 valence electrons. The lowest BCUT2D eigenvalue weighted by Gasteiger charge is -2.25. The number of benzene rings is 1. The third-order valence-electron chi connectivity index (χ3n) is 3.97. The summed E-state index contributed by atoms with van der Waals surface area (Å²) in [5, 5.41) is 3.59. The van der Waals surface area contributed by atoms with Crippen molar-refractivity contribution in [1.82, 2.24) is 5.32 Å². The Kier molecular flexibility index (Phi) is 3.82. The Balaban J connectivity index is 2.03. The molecule has 2 unspecified atom stereocenters. The van der Waals surface area contributed by atoms with E-state index in [9.17, 15) is 4.39 Å². The minimum absolute atomic E-state index is 0.143. The minimum atomic E-state index is -0.143. The molecule has 1 aliphatic rings. The van der Waals surface area contributed by atoms with Gasteiger partial charge in [0.2, 0.25) is 0 Å². The van der Waals surface area contributed by atoms with Crippen molar-refractivity contribution in [3.05, 3.63) is 35.6 Å². The first-order valence-electron chi connectivity index (χ1n) is 6.63. The Morgan fingerprint density at radius 1 is 1.35 bits per heavy atom. The van der Waals surface area contributed by atoms with Crippen LogP contribution in [0.1, 0.15) is 45.1 Å². The van der Waals surface area contributed by atoms with E-state index >= 15 is 0 Å². The first kappa shape index (κ1) is 12.6. The highest BCUT2D eigenvalue weighted by atomic mass is 19.1. The standard InChI is InChI=1S/C15H22FN/c1-3-10-17-14-8-9-15(2,11-14)12-4-6-13(16)7-5-12/h4-7,14,17H,3,8-11H2,1-2H3. The molecular weight excluding hydrogens is 213 g/mol. The van der Waals surface area contributed by atoms with Crippen molar-refractivity contribution in [2.24, 2.45) is 0 Å². The molecule has 0 bridgehead atoms. The van der Waals surface area contributed by atoms with Gasteiger partial charge < -0.3 is 5.32 Å². The van der Waals surface area contributed by atoms with Crippen molar-refractivity contribution in [3.63, 3.8) is 0 Å². The summed E-state index contributed by atoms with van der Waals surface area (Å²) in [6.45, 7) is 5.60. The zero-order valence-electron chi connectivity index (χ0n) is 10.8. The second-order valence-corrected chi connectivity index (χ2v) is 5.46. The summed E-state index contributed by atoms with van der Waals surface area (Å²) in [4.78, 5) is 0. The molecule has 0 heterocycles. The molecule has 0 radical (unpaired) electrons. The number of hydrogen-bond acceptors (Lipinski definition) is 1. The fraction of sp³-hybridized carbons (Fsp3) is 0.600. The highest BCUT2D eigenvalue weighted by Crippen LogP contribution is 2.40. The smallest absolute Gasteiger partial charge is 0.123 e. The van der Waals surface area contributed by atoms with Crippen LogP contribution >= 0.6 is 0 Å². The van der Waals surface area contributed by atoms with Crippen molar-refractivity contribution < 1.29 is 4.39 Å². The van der Waals surface area contributed by atoms with Crippen LogP contribution in [0.25, 0.3) is 0 Å². The van der Waals surface area contributed by atoms with Crippen molar-refractivity contribution >= 4 is 0 Å². The fourth-order valence-electron chi connectivity index (χ4n) is 2.88. The molecule has 0 spiro atoms. The second kappa shape index (κ2) is 5.18. The molecule has 1 aromatic rings. The van der Waals surface area contributed by atoms with Gasteiger partial charge in [0, 0.05) is 6.04 Å². The molecule has 1 nitrogen and oxygen atoms in total. The van der Waals surface area contributed by atoms with E-state index < -0.39 is 0 Å². The zero-order chi connectivity index (χ0) is 12.3. The van der Waals surface area contributed by atoms with Gasteiger partial charge >= 0.3 is 0 Å². The summed E-state index contributed by atoms with van der Waals surface area (Å²) in [7, 11) is 0. The molecule has 2 rings (SSSR count). The molecule has 1 aliphatic carbocycles. The lowest BCUT2D eigenvalue weighted by Crippen LogP contribution is -2.29. The highest BCUT2D eigenvalue weighted by molar-refractivity contribution is 5.27. The van der Waals surface area contributed by atoms with Crippen LogP contribution in [0, 0.1) is 5.82 Å². The first-order chi connectivity index (χ1) is 8.14. The number of halogens is 1. The van der Waals surface area contributed by atoms with E-state index in [1.165, 1.54) is 31.2 Å². The van der Waals surface area contributed by atoms with E-state index in [1.807, 2.05) is 12.1 Å². The van der Waals surface area contributed by atoms with E-state index in [1.54, 1.807) is 12.1 Å². The molecule has 0 saturated heterocycles. The number of nitrogens with one attached hydrogen (secondary N) is 1. The molecule has 17 heavy (non-hydrogen) atoms. The van der Waals surface area contributed by atoms with Gasteiger partial charge in [0.15, 0.2) is 0 Å². The maximum absolute atomic E-state index is 12.9. The van der Waals surface area contributed by atoms with Gasteiger partial charge in [0.25, 0.3) is 0 Å². The Labute approximate surface area is 103 Å². The van der Waals surface area contributed by atoms with Gasteiger partial charge in [-0.25, -0.2) is 4.39 Å². The van der Waals surface area contributed by atoms with Gasteiger partial charge in [-0.05, 0) is 55.3 Å². The monoisotopic (exact) mass is 235 g/mol. The lowest BCUT2D eigenvalue weighted by atomic mass is 9.81. The SMILES string of the molecule is CCCNC1CCC(C)(c2ccc(F)cc2)C1. The van der Waals surface area contributed by atoms with Gasteiger partial charge in [-0.3, -0.25) is 0 Å². The Bertz CT molecular complexity index is 360. The van der Waals surface area contributed by atoms with Crippen molar-refractivity contribution in [2.45, 2.75) is 51.0 Å². The van der Waals surface area contributed by atoms with E-state index in [0.29, 0.717) is 6.04 Å². The normalized spacial score (nSPS) is 28.5. The molecule has 2 heteroatoms. The van der Waals surface area contributed by atoms with Crippen molar-refractivity contribution in [3.8, 4) is 0 Å². The van der Waals surface area contributed by atoms with Crippen LogP contribution in [-0.4, -0.2) is 12.6 Å². The van der Waals surface area contributed by atoms with Gasteiger partial charge in [-0.2, -0.15) is 0 Å². The maximum atomic E-state index is 12.9. The molecule has 1 fully saturated rings. The Morgan fingerprint density at radius 3 is 2.71 bits per heavy atom. The minimum Gasteiger partial charge on any atom is -0.314 e. The molecule has 2 atom stereocenters. The lowest BCUT2D eigenvalue weighted by molar-refractivity contribution is 0.452. The zero-order valence-corrected chi connectivity index (χ0v) is 10.8. The molecular formula is C15H22FN.